The molecule has 0 aromatic carbocycles. The van der Waals surface area contributed by atoms with Crippen molar-refractivity contribution in [2.75, 3.05) is 50.7 Å². The van der Waals surface area contributed by atoms with Gasteiger partial charge in [0.1, 0.15) is 11.9 Å². The van der Waals surface area contributed by atoms with Gasteiger partial charge in [-0.15, -0.1) is 0 Å². The molecule has 1 aromatic heterocycles. The number of nitriles is 1. The van der Waals surface area contributed by atoms with Gasteiger partial charge in [-0.1, -0.05) is 0 Å². The van der Waals surface area contributed by atoms with Gasteiger partial charge in [-0.05, 0) is 25.0 Å². The minimum Gasteiger partial charge on any atom is -0.354 e. The van der Waals surface area contributed by atoms with Crippen LogP contribution in [0, 0.1) is 11.3 Å². The minimum absolute atomic E-state index is 0.266. The number of likely N-dealkylation sites (tertiary alicyclic amines) is 1. The summed E-state index contributed by atoms with van der Waals surface area (Å²) in [5.41, 5.74) is 0.582. The van der Waals surface area contributed by atoms with E-state index in [9.17, 15) is 4.79 Å². The number of aromatic nitrogens is 1. The second kappa shape index (κ2) is 6.75. The normalized spacial score (nSPS) is 19.2. The first-order valence-corrected chi connectivity index (χ1v) is 7.87. The van der Waals surface area contributed by atoms with Crippen LogP contribution in [0.5, 0.6) is 0 Å². The molecule has 2 fully saturated rings. The molecular weight excluding hydrogens is 278 g/mol. The van der Waals surface area contributed by atoms with Gasteiger partial charge in [-0.25, -0.2) is 4.98 Å². The van der Waals surface area contributed by atoms with Crippen LogP contribution in [-0.4, -0.2) is 66.5 Å². The fraction of sp³-hybridized carbons (Fsp3) is 0.562. The van der Waals surface area contributed by atoms with Crippen LogP contribution < -0.4 is 4.90 Å². The summed E-state index contributed by atoms with van der Waals surface area (Å²) in [6.07, 6.45) is 3.90. The maximum Gasteiger partial charge on any atom is 0.236 e. The molecule has 0 saturated carbocycles. The molecule has 0 bridgehead atoms. The first-order valence-electron chi connectivity index (χ1n) is 7.87. The highest BCUT2D eigenvalue weighted by Crippen LogP contribution is 2.14. The third-order valence-corrected chi connectivity index (χ3v) is 4.39. The molecule has 2 aliphatic rings. The van der Waals surface area contributed by atoms with Crippen LogP contribution in [0.3, 0.4) is 0 Å². The van der Waals surface area contributed by atoms with Crippen molar-refractivity contribution in [1.82, 2.24) is 14.8 Å². The van der Waals surface area contributed by atoms with Gasteiger partial charge in [0.05, 0.1) is 12.1 Å². The molecule has 0 N–H and O–H groups in total. The lowest BCUT2D eigenvalue weighted by Crippen LogP contribution is -2.50. The highest BCUT2D eigenvalue weighted by molar-refractivity contribution is 5.78. The monoisotopic (exact) mass is 299 g/mol. The number of anilines is 1. The zero-order valence-electron chi connectivity index (χ0n) is 12.7. The third kappa shape index (κ3) is 3.37. The first-order chi connectivity index (χ1) is 10.8. The van der Waals surface area contributed by atoms with Crippen molar-refractivity contribution in [2.45, 2.75) is 12.8 Å². The van der Waals surface area contributed by atoms with E-state index in [1.807, 2.05) is 11.0 Å². The lowest BCUT2D eigenvalue weighted by atomic mass is 10.2. The molecule has 0 atom stereocenters. The summed E-state index contributed by atoms with van der Waals surface area (Å²) in [5, 5.41) is 8.80. The second-order valence-electron chi connectivity index (χ2n) is 5.87. The highest BCUT2D eigenvalue weighted by Gasteiger charge is 2.23. The molecule has 116 valence electrons. The number of carbonyl (C=O) groups excluding carboxylic acids is 1. The Hall–Kier alpha value is -2.13. The quantitative estimate of drug-likeness (QED) is 0.822. The SMILES string of the molecule is N#Cc1ccc(N2CCN(CC(=O)N3CCCC3)CC2)nc1. The van der Waals surface area contributed by atoms with Crippen molar-refractivity contribution in [3.8, 4) is 6.07 Å². The molecule has 3 heterocycles. The van der Waals surface area contributed by atoms with E-state index in [-0.39, 0.29) is 5.91 Å². The Labute approximate surface area is 130 Å². The molecule has 6 heteroatoms. The van der Waals surface area contributed by atoms with Gasteiger partial charge in [-0.3, -0.25) is 9.69 Å². The Bertz CT molecular complexity index is 551. The number of amides is 1. The van der Waals surface area contributed by atoms with Crippen molar-refractivity contribution < 1.29 is 4.79 Å². The molecule has 6 nitrogen and oxygen atoms in total. The van der Waals surface area contributed by atoms with E-state index in [4.69, 9.17) is 5.26 Å². The minimum atomic E-state index is 0.266. The van der Waals surface area contributed by atoms with E-state index in [0.717, 1.165) is 57.9 Å². The lowest BCUT2D eigenvalue weighted by Gasteiger charge is -2.35. The fourth-order valence-electron chi connectivity index (χ4n) is 3.03. The number of carbonyl (C=O) groups is 1. The van der Waals surface area contributed by atoms with Crippen molar-refractivity contribution in [3.63, 3.8) is 0 Å². The Morgan fingerprint density at radius 1 is 1.14 bits per heavy atom. The van der Waals surface area contributed by atoms with Gasteiger partial charge in [0, 0.05) is 45.5 Å². The van der Waals surface area contributed by atoms with E-state index in [1.165, 1.54) is 0 Å². The maximum absolute atomic E-state index is 12.2. The topological polar surface area (TPSA) is 63.5 Å². The molecule has 1 amide bonds. The summed E-state index contributed by atoms with van der Waals surface area (Å²) in [4.78, 5) is 22.9. The van der Waals surface area contributed by atoms with Gasteiger partial charge in [0.2, 0.25) is 5.91 Å². The summed E-state index contributed by atoms with van der Waals surface area (Å²) in [6.45, 7) is 5.87. The van der Waals surface area contributed by atoms with Gasteiger partial charge in [0.15, 0.2) is 0 Å². The zero-order valence-corrected chi connectivity index (χ0v) is 12.7. The zero-order chi connectivity index (χ0) is 15.4. The largest absolute Gasteiger partial charge is 0.354 e. The van der Waals surface area contributed by atoms with Crippen LogP contribution in [-0.2, 0) is 4.79 Å². The first kappa shape index (κ1) is 14.8. The van der Waals surface area contributed by atoms with Crippen molar-refractivity contribution >= 4 is 11.7 Å². The van der Waals surface area contributed by atoms with E-state index >= 15 is 0 Å². The van der Waals surface area contributed by atoms with Crippen molar-refractivity contribution in [1.29, 1.82) is 5.26 Å². The Balaban J connectivity index is 1.49. The van der Waals surface area contributed by atoms with Gasteiger partial charge < -0.3 is 9.80 Å². The van der Waals surface area contributed by atoms with Gasteiger partial charge >= 0.3 is 0 Å². The second-order valence-corrected chi connectivity index (χ2v) is 5.87. The van der Waals surface area contributed by atoms with E-state index in [1.54, 1.807) is 12.3 Å². The van der Waals surface area contributed by atoms with Crippen molar-refractivity contribution in [3.05, 3.63) is 23.9 Å². The average molecular weight is 299 g/mol. The molecule has 2 saturated heterocycles. The predicted molar refractivity (Wildman–Crippen MR) is 83.4 cm³/mol. The number of rotatable bonds is 3. The van der Waals surface area contributed by atoms with Crippen LogP contribution >= 0.6 is 0 Å². The van der Waals surface area contributed by atoms with Gasteiger partial charge in [-0.2, -0.15) is 5.26 Å². The summed E-state index contributed by atoms with van der Waals surface area (Å²) >= 11 is 0. The Kier molecular flexibility index (Phi) is 4.54. The molecule has 0 radical (unpaired) electrons. The van der Waals surface area contributed by atoms with Crippen LogP contribution in [0.25, 0.3) is 0 Å². The smallest absolute Gasteiger partial charge is 0.236 e. The number of pyridine rings is 1. The number of piperazine rings is 1. The lowest BCUT2D eigenvalue weighted by molar-refractivity contribution is -0.131. The number of nitrogens with zero attached hydrogens (tertiary/aromatic N) is 5. The average Bonchev–Trinajstić information content (AvgIpc) is 3.10. The Morgan fingerprint density at radius 3 is 2.45 bits per heavy atom. The maximum atomic E-state index is 12.2. The fourth-order valence-corrected chi connectivity index (χ4v) is 3.03. The molecule has 0 unspecified atom stereocenters. The van der Waals surface area contributed by atoms with Gasteiger partial charge in [0.25, 0.3) is 0 Å². The predicted octanol–water partition coefficient (Wildman–Crippen LogP) is 0.698. The molecule has 3 rings (SSSR count). The molecular formula is C16H21N5O. The highest BCUT2D eigenvalue weighted by atomic mass is 16.2. The van der Waals surface area contributed by atoms with Crippen LogP contribution in [0.2, 0.25) is 0 Å². The molecule has 22 heavy (non-hydrogen) atoms. The molecule has 0 aliphatic carbocycles. The van der Waals surface area contributed by atoms with Crippen molar-refractivity contribution in [2.24, 2.45) is 0 Å². The third-order valence-electron chi connectivity index (χ3n) is 4.39. The molecule has 0 spiro atoms. The summed E-state index contributed by atoms with van der Waals surface area (Å²) in [6, 6.07) is 5.77. The molecule has 2 aliphatic heterocycles. The van der Waals surface area contributed by atoms with Crippen LogP contribution in [0.1, 0.15) is 18.4 Å². The number of hydrogen-bond acceptors (Lipinski definition) is 5. The van der Waals surface area contributed by atoms with E-state index in [0.29, 0.717) is 12.1 Å². The van der Waals surface area contributed by atoms with E-state index < -0.39 is 0 Å². The summed E-state index contributed by atoms with van der Waals surface area (Å²) < 4.78 is 0. The van der Waals surface area contributed by atoms with Crippen LogP contribution in [0.4, 0.5) is 5.82 Å². The van der Waals surface area contributed by atoms with Crippen LogP contribution in [0.15, 0.2) is 18.3 Å². The molecule has 1 aromatic rings. The number of hydrogen-bond donors (Lipinski definition) is 0. The summed E-state index contributed by atoms with van der Waals surface area (Å²) in [7, 11) is 0. The Morgan fingerprint density at radius 2 is 1.86 bits per heavy atom. The summed E-state index contributed by atoms with van der Waals surface area (Å²) in [5.74, 6) is 1.17. The van der Waals surface area contributed by atoms with E-state index in [2.05, 4.69) is 20.9 Å². The standard InChI is InChI=1S/C16H21N5O/c17-11-14-3-4-15(18-12-14)20-9-7-19(8-10-20)13-16(22)21-5-1-2-6-21/h3-4,12H,1-2,5-10,13H2.